The van der Waals surface area contributed by atoms with Gasteiger partial charge in [-0.25, -0.2) is 0 Å². The Balaban J connectivity index is 1.02. The normalized spacial score (nSPS) is 14.9. The molecule has 0 radical (unpaired) electrons. The molecule has 2 aliphatic heterocycles. The Labute approximate surface area is 237 Å². The molecule has 9 heteroatoms. The quantitative estimate of drug-likeness (QED) is 0.318. The number of hydrogen-bond acceptors (Lipinski definition) is 7. The number of anilines is 2. The summed E-state index contributed by atoms with van der Waals surface area (Å²) in [5, 5.41) is 13.2. The zero-order valence-electron chi connectivity index (χ0n) is 22.6. The van der Waals surface area contributed by atoms with E-state index in [1.807, 2.05) is 83.6 Å². The number of para-hydroxylation sites is 2. The Morgan fingerprint density at radius 3 is 2.39 bits per heavy atom. The molecule has 206 valence electrons. The average Bonchev–Trinajstić information content (AvgIpc) is 3.63. The van der Waals surface area contributed by atoms with E-state index in [1.165, 1.54) is 5.56 Å². The van der Waals surface area contributed by atoms with Crippen LogP contribution < -0.4 is 19.7 Å². The van der Waals surface area contributed by atoms with Crippen molar-refractivity contribution < 1.29 is 14.3 Å². The van der Waals surface area contributed by atoms with Crippen LogP contribution >= 0.6 is 0 Å². The summed E-state index contributed by atoms with van der Waals surface area (Å²) in [5.74, 6) is 3.18. The van der Waals surface area contributed by atoms with E-state index in [0.29, 0.717) is 6.79 Å². The van der Waals surface area contributed by atoms with E-state index >= 15 is 0 Å². The second-order valence-corrected chi connectivity index (χ2v) is 10.3. The van der Waals surface area contributed by atoms with Crippen molar-refractivity contribution in [3.05, 3.63) is 102 Å². The lowest BCUT2D eigenvalue weighted by molar-refractivity contribution is -0.115. The number of carbonyl (C=O) groups is 1. The van der Waals surface area contributed by atoms with Gasteiger partial charge in [0.15, 0.2) is 23.1 Å². The first-order valence-corrected chi connectivity index (χ1v) is 13.8. The zero-order valence-corrected chi connectivity index (χ0v) is 22.6. The predicted molar refractivity (Wildman–Crippen MR) is 158 cm³/mol. The number of nitrogens with zero attached hydrogens (tertiary/aromatic N) is 5. The lowest BCUT2D eigenvalue weighted by atomic mass is 10.1. The topological polar surface area (TPSA) is 84.8 Å². The van der Waals surface area contributed by atoms with Crippen LogP contribution in [0.4, 0.5) is 11.5 Å². The van der Waals surface area contributed by atoms with Gasteiger partial charge in [0, 0.05) is 50.0 Å². The molecular formula is C32H30N6O3. The van der Waals surface area contributed by atoms with Gasteiger partial charge >= 0.3 is 0 Å². The van der Waals surface area contributed by atoms with E-state index < -0.39 is 0 Å². The lowest BCUT2D eigenvalue weighted by Crippen LogP contribution is -2.46. The fourth-order valence-electron chi connectivity index (χ4n) is 5.53. The maximum absolute atomic E-state index is 12.8. The number of benzene rings is 3. The van der Waals surface area contributed by atoms with Crippen LogP contribution in [0.15, 0.2) is 91.1 Å². The fourth-order valence-corrected chi connectivity index (χ4v) is 5.53. The van der Waals surface area contributed by atoms with Crippen molar-refractivity contribution in [3.8, 4) is 17.3 Å². The van der Waals surface area contributed by atoms with E-state index in [-0.39, 0.29) is 12.3 Å². The third-order valence-electron chi connectivity index (χ3n) is 7.63. The van der Waals surface area contributed by atoms with E-state index in [2.05, 4.69) is 37.4 Å². The number of hydrogen-bond donors (Lipinski definition) is 1. The summed E-state index contributed by atoms with van der Waals surface area (Å²) in [4.78, 5) is 17.5. The van der Waals surface area contributed by atoms with Gasteiger partial charge in [0.2, 0.25) is 12.7 Å². The molecular weight excluding hydrogens is 516 g/mol. The van der Waals surface area contributed by atoms with Crippen molar-refractivity contribution in [2.75, 3.05) is 43.2 Å². The van der Waals surface area contributed by atoms with Crippen molar-refractivity contribution in [2.24, 2.45) is 0 Å². The van der Waals surface area contributed by atoms with E-state index in [9.17, 15) is 4.79 Å². The average molecular weight is 547 g/mol. The van der Waals surface area contributed by atoms with Crippen molar-refractivity contribution in [1.82, 2.24) is 19.7 Å². The Bertz CT molecular complexity index is 1680. The number of nitrogens with one attached hydrogen (secondary N) is 1. The molecule has 5 aromatic rings. The highest BCUT2D eigenvalue weighted by Crippen LogP contribution is 2.33. The molecule has 0 unspecified atom stereocenters. The predicted octanol–water partition coefficient (Wildman–Crippen LogP) is 4.65. The molecule has 0 bridgehead atoms. The van der Waals surface area contributed by atoms with Crippen molar-refractivity contribution in [1.29, 1.82) is 0 Å². The minimum absolute atomic E-state index is 0.0572. The van der Waals surface area contributed by atoms with Crippen LogP contribution in [0.5, 0.6) is 11.5 Å². The molecule has 0 atom stereocenters. The molecule has 0 spiro atoms. The summed E-state index contributed by atoms with van der Waals surface area (Å²) in [6.45, 7) is 4.81. The molecule has 1 N–H and O–H groups in total. The summed E-state index contributed by atoms with van der Waals surface area (Å²) in [7, 11) is 0. The Morgan fingerprint density at radius 2 is 1.56 bits per heavy atom. The van der Waals surface area contributed by atoms with E-state index in [0.717, 1.165) is 78.0 Å². The standard InChI is InChI=1S/C32H30N6O3/c39-32(33-25-6-2-1-3-7-25)19-24-21-38(27-9-5-4-8-26(24)27)31-13-12-30(34-35-31)37-16-14-36(15-17-37)20-23-10-11-28-29(18-23)41-22-40-28/h1-13,18,21H,14-17,19-20,22H2,(H,33,39). The Morgan fingerprint density at radius 1 is 0.805 bits per heavy atom. The molecule has 2 aliphatic rings. The Hall–Kier alpha value is -4.89. The molecule has 2 aromatic heterocycles. The highest BCUT2D eigenvalue weighted by atomic mass is 16.7. The molecule has 3 aromatic carbocycles. The molecule has 7 rings (SSSR count). The third kappa shape index (κ3) is 5.31. The fraction of sp³-hybridized carbons (Fsp3) is 0.219. The minimum Gasteiger partial charge on any atom is -0.454 e. The van der Waals surface area contributed by atoms with Crippen LogP contribution in [0.3, 0.4) is 0 Å². The van der Waals surface area contributed by atoms with Gasteiger partial charge < -0.3 is 19.7 Å². The monoisotopic (exact) mass is 546 g/mol. The van der Waals surface area contributed by atoms with Crippen molar-refractivity contribution in [3.63, 3.8) is 0 Å². The third-order valence-corrected chi connectivity index (χ3v) is 7.63. The maximum Gasteiger partial charge on any atom is 0.231 e. The number of fused-ring (bicyclic) bond motifs is 2. The molecule has 0 saturated carbocycles. The summed E-state index contributed by atoms with van der Waals surface area (Å²) in [5.41, 5.74) is 3.95. The van der Waals surface area contributed by atoms with Gasteiger partial charge in [0.1, 0.15) is 0 Å². The van der Waals surface area contributed by atoms with Gasteiger partial charge in [-0.15, -0.1) is 10.2 Å². The SMILES string of the molecule is O=C(Cc1cn(-c2ccc(N3CCN(Cc4ccc5c(c4)OCO5)CC3)nn2)c2ccccc12)Nc1ccccc1. The number of carbonyl (C=O) groups excluding carboxylic acids is 1. The lowest BCUT2D eigenvalue weighted by Gasteiger charge is -2.35. The van der Waals surface area contributed by atoms with Crippen molar-refractivity contribution in [2.45, 2.75) is 13.0 Å². The first-order valence-electron chi connectivity index (χ1n) is 13.8. The first kappa shape index (κ1) is 25.1. The molecule has 1 amide bonds. The van der Waals surface area contributed by atoms with Crippen molar-refractivity contribution >= 4 is 28.3 Å². The second kappa shape index (κ2) is 10.9. The summed E-state index contributed by atoms with van der Waals surface area (Å²) >= 11 is 0. The van der Waals surface area contributed by atoms with E-state index in [1.54, 1.807) is 0 Å². The largest absolute Gasteiger partial charge is 0.454 e. The van der Waals surface area contributed by atoms with Gasteiger partial charge in [0.25, 0.3) is 0 Å². The van der Waals surface area contributed by atoms with Gasteiger partial charge in [-0.1, -0.05) is 42.5 Å². The highest BCUT2D eigenvalue weighted by molar-refractivity contribution is 5.96. The van der Waals surface area contributed by atoms with Gasteiger partial charge in [-0.05, 0) is 53.6 Å². The molecule has 1 fully saturated rings. The van der Waals surface area contributed by atoms with Gasteiger partial charge in [-0.3, -0.25) is 14.3 Å². The van der Waals surface area contributed by atoms with Gasteiger partial charge in [0.05, 0.1) is 11.9 Å². The number of rotatable bonds is 7. The second-order valence-electron chi connectivity index (χ2n) is 10.3. The molecule has 0 aliphatic carbocycles. The maximum atomic E-state index is 12.8. The van der Waals surface area contributed by atoms with Gasteiger partial charge in [-0.2, -0.15) is 0 Å². The molecule has 1 saturated heterocycles. The van der Waals surface area contributed by atoms with E-state index in [4.69, 9.17) is 9.47 Å². The molecule has 4 heterocycles. The Kier molecular flexibility index (Phi) is 6.70. The molecule has 9 nitrogen and oxygen atoms in total. The smallest absolute Gasteiger partial charge is 0.231 e. The summed E-state index contributed by atoms with van der Waals surface area (Å²) in [6.07, 6.45) is 2.26. The van der Waals surface area contributed by atoms with Crippen LogP contribution in [0.25, 0.3) is 16.7 Å². The zero-order chi connectivity index (χ0) is 27.6. The number of ether oxygens (including phenoxy) is 2. The van der Waals surface area contributed by atoms with Crippen LogP contribution in [-0.4, -0.2) is 58.5 Å². The number of piperazine rings is 1. The molecule has 41 heavy (non-hydrogen) atoms. The summed E-state index contributed by atoms with van der Waals surface area (Å²) < 4.78 is 13.0. The van der Waals surface area contributed by atoms with Crippen LogP contribution in [-0.2, 0) is 17.8 Å². The number of aromatic nitrogens is 3. The first-order chi connectivity index (χ1) is 20.2. The number of amides is 1. The minimum atomic E-state index is -0.0572. The van der Waals surface area contributed by atoms with Crippen LogP contribution in [0, 0.1) is 0 Å². The van der Waals surface area contributed by atoms with Crippen LogP contribution in [0.2, 0.25) is 0 Å². The van der Waals surface area contributed by atoms with Crippen LogP contribution in [0.1, 0.15) is 11.1 Å². The summed E-state index contributed by atoms with van der Waals surface area (Å²) in [6, 6.07) is 27.8. The highest BCUT2D eigenvalue weighted by Gasteiger charge is 2.21.